The molecule has 0 unspecified atom stereocenters. The standard InChI is InChI=1S/C8H9N2/c1-3-7(2)8-9-5-4-6-10-8/h4-6H,1-3H2. The maximum absolute atomic E-state index is 4.00. The van der Waals surface area contributed by atoms with E-state index in [1.807, 2.05) is 0 Å². The number of allylic oxidation sites excluding steroid dienone is 1. The minimum atomic E-state index is 0.657. The summed E-state index contributed by atoms with van der Waals surface area (Å²) in [5.74, 6) is 0.692. The maximum atomic E-state index is 4.00. The van der Waals surface area contributed by atoms with E-state index >= 15 is 0 Å². The lowest BCUT2D eigenvalue weighted by Crippen LogP contribution is -1.89. The van der Waals surface area contributed by atoms with Crippen LogP contribution in [0.3, 0.4) is 0 Å². The van der Waals surface area contributed by atoms with Gasteiger partial charge in [-0.15, -0.1) is 0 Å². The number of hydrogen-bond donors (Lipinski definition) is 0. The fourth-order valence-electron chi connectivity index (χ4n) is 0.593. The Kier molecular flexibility index (Phi) is 2.15. The molecule has 0 amide bonds. The van der Waals surface area contributed by atoms with Crippen LogP contribution >= 0.6 is 0 Å². The van der Waals surface area contributed by atoms with E-state index in [9.17, 15) is 0 Å². The summed E-state index contributed by atoms with van der Waals surface area (Å²) in [5.41, 5.74) is 0.876. The molecule has 0 atom stereocenters. The van der Waals surface area contributed by atoms with Gasteiger partial charge in [-0.25, -0.2) is 9.97 Å². The summed E-state index contributed by atoms with van der Waals surface area (Å²) in [7, 11) is 0. The van der Waals surface area contributed by atoms with Crippen LogP contribution in [0.15, 0.2) is 25.0 Å². The van der Waals surface area contributed by atoms with Crippen molar-refractivity contribution in [1.82, 2.24) is 9.97 Å². The summed E-state index contributed by atoms with van der Waals surface area (Å²) in [6, 6.07) is 1.78. The number of rotatable bonds is 2. The molecular formula is C8H9N2. The first-order chi connectivity index (χ1) is 4.84. The van der Waals surface area contributed by atoms with Crippen LogP contribution in [0, 0.1) is 6.92 Å². The Morgan fingerprint density at radius 2 is 2.00 bits per heavy atom. The number of hydrogen-bond acceptors (Lipinski definition) is 2. The molecule has 0 saturated heterocycles. The van der Waals surface area contributed by atoms with Gasteiger partial charge in [0.2, 0.25) is 0 Å². The highest BCUT2D eigenvalue weighted by Gasteiger charge is 1.95. The van der Waals surface area contributed by atoms with Crippen molar-refractivity contribution < 1.29 is 0 Å². The third kappa shape index (κ3) is 1.41. The zero-order valence-electron chi connectivity index (χ0n) is 5.75. The van der Waals surface area contributed by atoms with Gasteiger partial charge in [-0.2, -0.15) is 0 Å². The van der Waals surface area contributed by atoms with Crippen LogP contribution in [0.2, 0.25) is 0 Å². The molecule has 1 heterocycles. The molecule has 2 heteroatoms. The molecular weight excluding hydrogens is 124 g/mol. The molecule has 1 radical (unpaired) electrons. The third-order valence-corrected chi connectivity index (χ3v) is 1.18. The topological polar surface area (TPSA) is 25.8 Å². The molecule has 0 N–H and O–H groups in total. The van der Waals surface area contributed by atoms with Gasteiger partial charge < -0.3 is 0 Å². The summed E-state index contributed by atoms with van der Waals surface area (Å²) in [5, 5.41) is 0. The molecule has 0 bridgehead atoms. The van der Waals surface area contributed by atoms with Crippen LogP contribution < -0.4 is 0 Å². The van der Waals surface area contributed by atoms with E-state index in [4.69, 9.17) is 0 Å². The zero-order valence-corrected chi connectivity index (χ0v) is 5.75. The lowest BCUT2D eigenvalue weighted by molar-refractivity contribution is 1.10. The Bertz CT molecular complexity index is 216. The molecule has 10 heavy (non-hydrogen) atoms. The fraction of sp³-hybridized carbons (Fsp3) is 0.125. The van der Waals surface area contributed by atoms with Gasteiger partial charge >= 0.3 is 0 Å². The fourth-order valence-corrected chi connectivity index (χ4v) is 0.593. The smallest absolute Gasteiger partial charge is 0.154 e. The Morgan fingerprint density at radius 3 is 2.50 bits per heavy atom. The lowest BCUT2D eigenvalue weighted by atomic mass is 10.2. The van der Waals surface area contributed by atoms with E-state index in [0.29, 0.717) is 12.2 Å². The second-order valence-electron chi connectivity index (χ2n) is 1.93. The molecule has 0 aliphatic heterocycles. The van der Waals surface area contributed by atoms with Gasteiger partial charge in [0.15, 0.2) is 5.82 Å². The quantitative estimate of drug-likeness (QED) is 0.613. The van der Waals surface area contributed by atoms with Gasteiger partial charge in [0, 0.05) is 12.4 Å². The van der Waals surface area contributed by atoms with Crippen molar-refractivity contribution in [2.75, 3.05) is 0 Å². The van der Waals surface area contributed by atoms with Gasteiger partial charge in [0.25, 0.3) is 0 Å². The van der Waals surface area contributed by atoms with Gasteiger partial charge in [0.05, 0.1) is 0 Å². The molecule has 1 aromatic heterocycles. The molecule has 2 nitrogen and oxygen atoms in total. The first-order valence-electron chi connectivity index (χ1n) is 3.09. The van der Waals surface area contributed by atoms with Gasteiger partial charge in [-0.1, -0.05) is 6.58 Å². The summed E-state index contributed by atoms with van der Waals surface area (Å²) >= 11 is 0. The Morgan fingerprint density at radius 1 is 1.40 bits per heavy atom. The van der Waals surface area contributed by atoms with Crippen molar-refractivity contribution >= 4 is 5.57 Å². The SMILES string of the molecule is [CH2]CC(=C)c1ncccn1. The minimum absolute atomic E-state index is 0.657. The van der Waals surface area contributed by atoms with Crippen molar-refractivity contribution in [3.63, 3.8) is 0 Å². The van der Waals surface area contributed by atoms with Crippen LogP contribution in [-0.2, 0) is 0 Å². The third-order valence-electron chi connectivity index (χ3n) is 1.18. The molecule has 0 saturated carbocycles. The van der Waals surface area contributed by atoms with E-state index in [2.05, 4.69) is 23.5 Å². The Hall–Kier alpha value is -1.18. The minimum Gasteiger partial charge on any atom is -0.237 e. The van der Waals surface area contributed by atoms with Crippen molar-refractivity contribution in [3.05, 3.63) is 37.8 Å². The number of nitrogens with zero attached hydrogens (tertiary/aromatic N) is 2. The maximum Gasteiger partial charge on any atom is 0.154 e. The van der Waals surface area contributed by atoms with Crippen LogP contribution in [-0.4, -0.2) is 9.97 Å². The van der Waals surface area contributed by atoms with Crippen molar-refractivity contribution in [2.45, 2.75) is 6.42 Å². The van der Waals surface area contributed by atoms with Crippen LogP contribution in [0.25, 0.3) is 5.57 Å². The predicted octanol–water partition coefficient (Wildman–Crippen LogP) is 1.71. The van der Waals surface area contributed by atoms with Crippen molar-refractivity contribution in [3.8, 4) is 0 Å². The highest BCUT2D eigenvalue weighted by Crippen LogP contribution is 2.07. The molecule has 0 aromatic carbocycles. The van der Waals surface area contributed by atoms with Crippen LogP contribution in [0.1, 0.15) is 12.2 Å². The number of aromatic nitrogens is 2. The highest BCUT2D eigenvalue weighted by atomic mass is 14.8. The second kappa shape index (κ2) is 3.11. The summed E-state index contributed by atoms with van der Waals surface area (Å²) in [6.07, 6.45) is 4.05. The van der Waals surface area contributed by atoms with Crippen LogP contribution in [0.4, 0.5) is 0 Å². The van der Waals surface area contributed by atoms with E-state index in [0.717, 1.165) is 5.57 Å². The summed E-state index contributed by atoms with van der Waals surface area (Å²) in [4.78, 5) is 8.00. The first kappa shape index (κ1) is 6.93. The van der Waals surface area contributed by atoms with Crippen molar-refractivity contribution in [2.24, 2.45) is 0 Å². The average molecular weight is 133 g/mol. The second-order valence-corrected chi connectivity index (χ2v) is 1.93. The average Bonchev–Trinajstić information content (AvgIpc) is 2.05. The molecule has 51 valence electrons. The van der Waals surface area contributed by atoms with E-state index in [1.54, 1.807) is 18.5 Å². The monoisotopic (exact) mass is 133 g/mol. The molecule has 0 aliphatic rings. The van der Waals surface area contributed by atoms with E-state index in [1.165, 1.54) is 0 Å². The summed E-state index contributed by atoms with van der Waals surface area (Å²) < 4.78 is 0. The van der Waals surface area contributed by atoms with E-state index in [-0.39, 0.29) is 0 Å². The molecule has 1 aromatic rings. The molecule has 0 fully saturated rings. The lowest BCUT2D eigenvalue weighted by Gasteiger charge is -1.96. The molecule has 0 aliphatic carbocycles. The molecule has 0 spiro atoms. The van der Waals surface area contributed by atoms with E-state index < -0.39 is 0 Å². The van der Waals surface area contributed by atoms with Gasteiger partial charge in [-0.3, -0.25) is 0 Å². The van der Waals surface area contributed by atoms with Crippen LogP contribution in [0.5, 0.6) is 0 Å². The highest BCUT2D eigenvalue weighted by molar-refractivity contribution is 5.56. The van der Waals surface area contributed by atoms with Crippen molar-refractivity contribution in [1.29, 1.82) is 0 Å². The van der Waals surface area contributed by atoms with Gasteiger partial charge in [0.1, 0.15) is 0 Å². The first-order valence-corrected chi connectivity index (χ1v) is 3.09. The molecule has 1 rings (SSSR count). The Balaban J connectivity index is 2.85. The van der Waals surface area contributed by atoms with Gasteiger partial charge in [-0.05, 0) is 25.0 Å². The largest absolute Gasteiger partial charge is 0.237 e. The zero-order chi connectivity index (χ0) is 7.40. The Labute approximate surface area is 60.6 Å². The predicted molar refractivity (Wildman–Crippen MR) is 41.0 cm³/mol. The normalized spacial score (nSPS) is 9.30. The summed E-state index contributed by atoms with van der Waals surface area (Å²) in [6.45, 7) is 7.44.